The Kier molecular flexibility index (Phi) is 5.86. The molecule has 0 radical (unpaired) electrons. The molecule has 4 nitrogen and oxygen atoms in total. The first-order valence-electron chi connectivity index (χ1n) is 13.0. The van der Waals surface area contributed by atoms with Crippen LogP contribution in [-0.4, -0.2) is 17.6 Å². The first-order valence-corrected chi connectivity index (χ1v) is 13.0. The second-order valence-electron chi connectivity index (χ2n) is 11.0. The molecule has 2 aromatic carbocycles. The van der Waals surface area contributed by atoms with Crippen molar-refractivity contribution < 1.29 is 31.8 Å². The summed E-state index contributed by atoms with van der Waals surface area (Å²) in [4.78, 5) is 16.4. The van der Waals surface area contributed by atoms with Gasteiger partial charge in [0, 0.05) is 40.8 Å². The third-order valence-corrected chi connectivity index (χ3v) is 8.13. The minimum absolute atomic E-state index is 0.0603. The number of alkyl halides is 3. The molecule has 0 bridgehead atoms. The average molecular weight is 538 g/mol. The van der Waals surface area contributed by atoms with Gasteiger partial charge in [-0.15, -0.1) is 0 Å². The number of pyridine rings is 1. The fourth-order valence-electron chi connectivity index (χ4n) is 6.29. The molecular weight excluding hydrogens is 510 g/mol. The SMILES string of the molecule is CCOC(=O)C1=C2c3cnc(OCc4cc5c(cc4F)C(C)(C)CC5c4ccccc4C(F)(F)F)cc3CC12. The first-order chi connectivity index (χ1) is 18.5. The van der Waals surface area contributed by atoms with Crippen molar-refractivity contribution in [3.8, 4) is 5.88 Å². The van der Waals surface area contributed by atoms with Crippen LogP contribution in [0.4, 0.5) is 17.6 Å². The van der Waals surface area contributed by atoms with Gasteiger partial charge in [0.05, 0.1) is 12.2 Å². The van der Waals surface area contributed by atoms with Crippen molar-refractivity contribution in [2.24, 2.45) is 5.92 Å². The normalized spacial score (nSPS) is 20.4. The van der Waals surface area contributed by atoms with E-state index in [1.807, 2.05) is 13.8 Å². The molecule has 202 valence electrons. The van der Waals surface area contributed by atoms with Crippen molar-refractivity contribution in [3.05, 3.63) is 99.0 Å². The maximum absolute atomic E-state index is 15.2. The lowest BCUT2D eigenvalue weighted by atomic mass is 9.84. The zero-order chi connectivity index (χ0) is 27.7. The minimum Gasteiger partial charge on any atom is -0.473 e. The number of carbonyl (C=O) groups is 1. The van der Waals surface area contributed by atoms with E-state index in [2.05, 4.69) is 4.98 Å². The molecule has 39 heavy (non-hydrogen) atoms. The Balaban J connectivity index is 1.26. The second-order valence-corrected chi connectivity index (χ2v) is 11.0. The Bertz CT molecular complexity index is 1540. The molecule has 3 aliphatic rings. The van der Waals surface area contributed by atoms with Crippen LogP contribution in [0.25, 0.3) is 5.57 Å². The highest BCUT2D eigenvalue weighted by molar-refractivity contribution is 6.12. The van der Waals surface area contributed by atoms with Gasteiger partial charge in [-0.3, -0.25) is 0 Å². The molecule has 1 heterocycles. The number of esters is 1. The molecule has 0 saturated heterocycles. The summed E-state index contributed by atoms with van der Waals surface area (Å²) >= 11 is 0. The molecule has 0 N–H and O–H groups in total. The van der Waals surface area contributed by atoms with Gasteiger partial charge in [0.15, 0.2) is 0 Å². The van der Waals surface area contributed by atoms with E-state index in [9.17, 15) is 18.0 Å². The van der Waals surface area contributed by atoms with Crippen LogP contribution in [0, 0.1) is 11.7 Å². The van der Waals surface area contributed by atoms with E-state index in [0.717, 1.165) is 22.8 Å². The number of rotatable bonds is 6. The minimum atomic E-state index is -4.48. The molecule has 0 fully saturated rings. The smallest absolute Gasteiger partial charge is 0.416 e. The van der Waals surface area contributed by atoms with Crippen LogP contribution in [0.5, 0.6) is 5.88 Å². The molecule has 0 amide bonds. The summed E-state index contributed by atoms with van der Waals surface area (Å²) in [6.45, 7) is 5.84. The van der Waals surface area contributed by atoms with E-state index in [1.165, 1.54) is 18.2 Å². The predicted octanol–water partition coefficient (Wildman–Crippen LogP) is 7.13. The Morgan fingerprint density at radius 3 is 2.62 bits per heavy atom. The summed E-state index contributed by atoms with van der Waals surface area (Å²) in [6, 6.07) is 10.5. The zero-order valence-electron chi connectivity index (χ0n) is 21.8. The largest absolute Gasteiger partial charge is 0.473 e. The van der Waals surface area contributed by atoms with Gasteiger partial charge in [-0.05, 0) is 71.2 Å². The third kappa shape index (κ3) is 4.30. The lowest BCUT2D eigenvalue weighted by Crippen LogP contribution is -2.14. The number of halogens is 4. The maximum Gasteiger partial charge on any atom is 0.416 e. The van der Waals surface area contributed by atoms with E-state index in [0.29, 0.717) is 42.0 Å². The molecule has 0 spiro atoms. The molecule has 6 rings (SSSR count). The number of allylic oxidation sites excluding steroid dienone is 1. The van der Waals surface area contributed by atoms with E-state index in [4.69, 9.17) is 9.47 Å². The number of carbonyl (C=O) groups excluding carboxylic acids is 1. The molecule has 0 saturated carbocycles. The lowest BCUT2D eigenvalue weighted by Gasteiger charge is -2.21. The quantitative estimate of drug-likeness (QED) is 0.248. The maximum atomic E-state index is 15.2. The summed E-state index contributed by atoms with van der Waals surface area (Å²) in [7, 11) is 0. The standard InChI is InChI=1S/C31H27F4NO3/c1-4-38-29(37)28-20-9-16-11-26(36-14-22(16)27(20)28)39-15-17-10-19-21(13-30(2,3)24(19)12-25(17)32)18-7-5-6-8-23(18)31(33,34)35/h5-8,10-12,14,20-21H,4,9,13,15H2,1-3H3. The van der Waals surface area contributed by atoms with Gasteiger partial charge in [-0.1, -0.05) is 32.0 Å². The van der Waals surface area contributed by atoms with E-state index >= 15 is 4.39 Å². The van der Waals surface area contributed by atoms with Gasteiger partial charge >= 0.3 is 12.1 Å². The predicted molar refractivity (Wildman–Crippen MR) is 137 cm³/mol. The number of hydrogen-bond acceptors (Lipinski definition) is 4. The van der Waals surface area contributed by atoms with Crippen LogP contribution in [0.3, 0.4) is 0 Å². The van der Waals surface area contributed by atoms with Crippen LogP contribution in [0.1, 0.15) is 72.1 Å². The van der Waals surface area contributed by atoms with E-state index in [-0.39, 0.29) is 29.6 Å². The molecule has 8 heteroatoms. The molecular formula is C31H27F4NO3. The van der Waals surface area contributed by atoms with Gasteiger partial charge in [-0.2, -0.15) is 13.2 Å². The number of aromatic nitrogens is 1. The molecule has 0 aliphatic heterocycles. The Morgan fingerprint density at radius 1 is 1.10 bits per heavy atom. The van der Waals surface area contributed by atoms with Gasteiger partial charge in [0.2, 0.25) is 5.88 Å². The zero-order valence-corrected chi connectivity index (χ0v) is 21.8. The molecule has 3 aromatic rings. The second kappa shape index (κ2) is 8.93. The third-order valence-electron chi connectivity index (χ3n) is 8.13. The summed E-state index contributed by atoms with van der Waals surface area (Å²) in [5.74, 6) is -0.871. The Morgan fingerprint density at radius 2 is 1.87 bits per heavy atom. The highest BCUT2D eigenvalue weighted by Gasteiger charge is 2.48. The highest BCUT2D eigenvalue weighted by atomic mass is 19.4. The van der Waals surface area contributed by atoms with Crippen LogP contribution < -0.4 is 4.74 Å². The molecule has 2 unspecified atom stereocenters. The van der Waals surface area contributed by atoms with Gasteiger partial charge in [-0.25, -0.2) is 14.2 Å². The number of fused-ring (bicyclic) bond motifs is 4. The molecule has 3 aliphatic carbocycles. The lowest BCUT2D eigenvalue weighted by molar-refractivity contribution is -0.139. The van der Waals surface area contributed by atoms with E-state index in [1.54, 1.807) is 31.3 Å². The van der Waals surface area contributed by atoms with Crippen molar-refractivity contribution in [1.82, 2.24) is 4.98 Å². The number of ether oxygens (including phenoxy) is 2. The summed E-state index contributed by atoms with van der Waals surface area (Å²) < 4.78 is 67.7. The van der Waals surface area contributed by atoms with Gasteiger partial charge in [0.25, 0.3) is 0 Å². The fourth-order valence-corrected chi connectivity index (χ4v) is 6.29. The van der Waals surface area contributed by atoms with Crippen molar-refractivity contribution in [3.63, 3.8) is 0 Å². The van der Waals surface area contributed by atoms with Crippen molar-refractivity contribution >= 4 is 11.5 Å². The average Bonchev–Trinajstić information content (AvgIpc) is 3.37. The number of hydrogen-bond donors (Lipinski definition) is 0. The van der Waals surface area contributed by atoms with Gasteiger partial charge < -0.3 is 9.47 Å². The van der Waals surface area contributed by atoms with Gasteiger partial charge in [0.1, 0.15) is 12.4 Å². The Hall–Kier alpha value is -3.68. The van der Waals surface area contributed by atoms with Crippen LogP contribution in [0.15, 0.2) is 54.2 Å². The van der Waals surface area contributed by atoms with Crippen LogP contribution in [-0.2, 0) is 34.2 Å². The van der Waals surface area contributed by atoms with E-state index < -0.39 is 28.9 Å². The molecule has 2 atom stereocenters. The summed E-state index contributed by atoms with van der Waals surface area (Å²) in [5, 5.41) is 0. The number of nitrogens with zero attached hydrogens (tertiary/aromatic N) is 1. The molecule has 1 aromatic heterocycles. The highest BCUT2D eigenvalue weighted by Crippen LogP contribution is 2.56. The summed E-state index contributed by atoms with van der Waals surface area (Å²) in [5.41, 5.74) is 4.32. The topological polar surface area (TPSA) is 48.4 Å². The van der Waals surface area contributed by atoms with Crippen molar-refractivity contribution in [2.45, 2.75) is 57.7 Å². The van der Waals surface area contributed by atoms with Crippen LogP contribution in [0.2, 0.25) is 0 Å². The van der Waals surface area contributed by atoms with Crippen LogP contribution >= 0.6 is 0 Å². The van der Waals surface area contributed by atoms with Crippen molar-refractivity contribution in [2.75, 3.05) is 6.61 Å². The summed E-state index contributed by atoms with van der Waals surface area (Å²) in [6.07, 6.45) is -1.71. The fraction of sp³-hybridized carbons (Fsp3) is 0.355. The van der Waals surface area contributed by atoms with Crippen molar-refractivity contribution in [1.29, 1.82) is 0 Å². The number of benzene rings is 2. The Labute approximate surface area is 223 Å². The monoisotopic (exact) mass is 537 g/mol. The first kappa shape index (κ1) is 25.6.